The van der Waals surface area contributed by atoms with Crippen LogP contribution >= 0.6 is 0 Å². The second-order valence-electron chi connectivity index (χ2n) is 3.61. The highest BCUT2D eigenvalue weighted by atomic mass is 16.5. The summed E-state index contributed by atoms with van der Waals surface area (Å²) < 4.78 is 4.97. The molecule has 0 aliphatic heterocycles. The van der Waals surface area contributed by atoms with Crippen LogP contribution in [-0.4, -0.2) is 47.7 Å². The molecule has 0 radical (unpaired) electrons. The van der Waals surface area contributed by atoms with Crippen LogP contribution in [0.3, 0.4) is 0 Å². The van der Waals surface area contributed by atoms with E-state index in [1.54, 1.807) is 14.2 Å². The number of amides is 1. The molecule has 0 saturated heterocycles. The molecule has 1 aromatic rings. The van der Waals surface area contributed by atoms with Gasteiger partial charge in [-0.15, -0.1) is 0 Å². The molecule has 1 atom stereocenters. The Morgan fingerprint density at radius 1 is 1.69 bits per heavy atom. The highest BCUT2D eigenvalue weighted by Crippen LogP contribution is 2.16. The Morgan fingerprint density at radius 3 is 2.94 bits per heavy atom. The van der Waals surface area contributed by atoms with E-state index in [0.717, 1.165) is 0 Å². The predicted octanol–water partition coefficient (Wildman–Crippen LogP) is 0.894. The second-order valence-corrected chi connectivity index (χ2v) is 3.61. The van der Waals surface area contributed by atoms with Crippen molar-refractivity contribution in [3.05, 3.63) is 24.0 Å². The van der Waals surface area contributed by atoms with Crippen molar-refractivity contribution < 1.29 is 14.6 Å². The molecule has 0 saturated carbocycles. The van der Waals surface area contributed by atoms with E-state index in [-0.39, 0.29) is 23.3 Å². The molecule has 1 N–H and O–H groups in total. The number of methoxy groups -OCH3 is 1. The van der Waals surface area contributed by atoms with E-state index in [4.69, 9.17) is 4.74 Å². The number of ether oxygens (including phenoxy) is 1. The number of rotatable bonds is 4. The topological polar surface area (TPSA) is 62.7 Å². The molecule has 0 bridgehead atoms. The number of aromatic nitrogens is 1. The Hall–Kier alpha value is -1.62. The lowest BCUT2D eigenvalue weighted by Gasteiger charge is -2.24. The zero-order valence-corrected chi connectivity index (χ0v) is 9.67. The monoisotopic (exact) mass is 224 g/mol. The Bertz CT molecular complexity index is 368. The smallest absolute Gasteiger partial charge is 0.257 e. The van der Waals surface area contributed by atoms with Crippen molar-refractivity contribution in [3.63, 3.8) is 0 Å². The van der Waals surface area contributed by atoms with Crippen molar-refractivity contribution in [2.75, 3.05) is 20.8 Å². The minimum absolute atomic E-state index is 0.0509. The van der Waals surface area contributed by atoms with Gasteiger partial charge in [-0.3, -0.25) is 9.78 Å². The summed E-state index contributed by atoms with van der Waals surface area (Å²) in [5.41, 5.74) is 0.250. The van der Waals surface area contributed by atoms with Crippen molar-refractivity contribution in [1.82, 2.24) is 9.88 Å². The van der Waals surface area contributed by atoms with E-state index >= 15 is 0 Å². The van der Waals surface area contributed by atoms with E-state index in [1.807, 2.05) is 6.92 Å². The Balaban J connectivity index is 2.82. The summed E-state index contributed by atoms with van der Waals surface area (Å²) in [6.45, 7) is 2.33. The number of hydrogen-bond donors (Lipinski definition) is 1. The van der Waals surface area contributed by atoms with Crippen molar-refractivity contribution >= 4 is 5.91 Å². The summed E-state index contributed by atoms with van der Waals surface area (Å²) in [6, 6.07) is 1.44. The fourth-order valence-electron chi connectivity index (χ4n) is 1.31. The fourth-order valence-corrected chi connectivity index (χ4v) is 1.31. The summed E-state index contributed by atoms with van der Waals surface area (Å²) in [6.07, 6.45) is 2.73. The Labute approximate surface area is 94.7 Å². The van der Waals surface area contributed by atoms with Gasteiger partial charge in [0.25, 0.3) is 5.91 Å². The van der Waals surface area contributed by atoms with Crippen LogP contribution in [0.4, 0.5) is 0 Å². The third kappa shape index (κ3) is 2.70. The van der Waals surface area contributed by atoms with E-state index in [0.29, 0.717) is 6.61 Å². The third-order valence-corrected chi connectivity index (χ3v) is 2.42. The molecule has 0 spiro atoms. The molecule has 0 aliphatic rings. The predicted molar refractivity (Wildman–Crippen MR) is 59.3 cm³/mol. The van der Waals surface area contributed by atoms with Gasteiger partial charge in [-0.1, -0.05) is 0 Å². The number of carbonyl (C=O) groups is 1. The van der Waals surface area contributed by atoms with Crippen LogP contribution < -0.4 is 0 Å². The number of likely N-dealkylation sites (N-methyl/N-ethyl adjacent to an activating group) is 1. The van der Waals surface area contributed by atoms with Crippen LogP contribution in [0.15, 0.2) is 18.5 Å². The lowest BCUT2D eigenvalue weighted by Crippen LogP contribution is -2.37. The van der Waals surface area contributed by atoms with Crippen LogP contribution in [0.25, 0.3) is 0 Å². The first kappa shape index (κ1) is 12.4. The molecular formula is C11H16N2O3. The standard InChI is InChI=1S/C11H16N2O3/c1-8(7-16-3)13(2)11(15)9-4-5-12-6-10(9)14/h4-6,8,14H,7H2,1-3H3. The zero-order valence-electron chi connectivity index (χ0n) is 9.67. The summed E-state index contributed by atoms with van der Waals surface area (Å²) in [7, 11) is 3.25. The molecule has 1 amide bonds. The quantitative estimate of drug-likeness (QED) is 0.825. The van der Waals surface area contributed by atoms with Gasteiger partial charge in [0.2, 0.25) is 0 Å². The van der Waals surface area contributed by atoms with Crippen LogP contribution in [0.1, 0.15) is 17.3 Å². The lowest BCUT2D eigenvalue weighted by molar-refractivity contribution is 0.0630. The maximum atomic E-state index is 12.0. The molecule has 1 rings (SSSR count). The molecule has 1 unspecified atom stereocenters. The van der Waals surface area contributed by atoms with Gasteiger partial charge >= 0.3 is 0 Å². The van der Waals surface area contributed by atoms with Gasteiger partial charge in [0.15, 0.2) is 0 Å². The van der Waals surface area contributed by atoms with Gasteiger partial charge in [-0.05, 0) is 13.0 Å². The minimum atomic E-state index is -0.246. The molecule has 0 aliphatic carbocycles. The average molecular weight is 224 g/mol. The molecule has 5 heteroatoms. The van der Waals surface area contributed by atoms with Gasteiger partial charge in [-0.25, -0.2) is 0 Å². The Kier molecular flexibility index (Phi) is 4.25. The maximum Gasteiger partial charge on any atom is 0.257 e. The number of aromatic hydroxyl groups is 1. The molecule has 5 nitrogen and oxygen atoms in total. The van der Waals surface area contributed by atoms with E-state index in [1.165, 1.54) is 23.4 Å². The largest absolute Gasteiger partial charge is 0.505 e. The van der Waals surface area contributed by atoms with Crippen LogP contribution in [0, 0.1) is 0 Å². The molecule has 16 heavy (non-hydrogen) atoms. The van der Waals surface area contributed by atoms with Gasteiger partial charge in [-0.2, -0.15) is 0 Å². The first-order chi connectivity index (χ1) is 7.57. The summed E-state index contributed by atoms with van der Waals surface area (Å²) in [5.74, 6) is -0.353. The molecule has 88 valence electrons. The number of carbonyl (C=O) groups excluding carboxylic acids is 1. The van der Waals surface area contributed by atoms with Crippen molar-refractivity contribution in [2.45, 2.75) is 13.0 Å². The van der Waals surface area contributed by atoms with E-state index in [9.17, 15) is 9.90 Å². The number of hydrogen-bond acceptors (Lipinski definition) is 4. The first-order valence-electron chi connectivity index (χ1n) is 4.97. The SMILES string of the molecule is COCC(C)N(C)C(=O)c1ccncc1O. The van der Waals surface area contributed by atoms with Crippen LogP contribution in [0.5, 0.6) is 5.75 Å². The average Bonchev–Trinajstić information content (AvgIpc) is 2.28. The molecule has 0 aromatic carbocycles. The fraction of sp³-hybridized carbons (Fsp3) is 0.455. The van der Waals surface area contributed by atoms with Gasteiger partial charge in [0, 0.05) is 20.4 Å². The van der Waals surface area contributed by atoms with Gasteiger partial charge in [0.05, 0.1) is 24.4 Å². The normalized spacial score (nSPS) is 12.2. The summed E-state index contributed by atoms with van der Waals surface area (Å²) in [5, 5.41) is 9.50. The van der Waals surface area contributed by atoms with E-state index < -0.39 is 0 Å². The highest BCUT2D eigenvalue weighted by molar-refractivity contribution is 5.96. The molecule has 1 heterocycles. The van der Waals surface area contributed by atoms with Gasteiger partial charge in [0.1, 0.15) is 5.75 Å². The summed E-state index contributed by atoms with van der Waals surface area (Å²) in [4.78, 5) is 17.2. The molecule has 1 aromatic heterocycles. The van der Waals surface area contributed by atoms with Crippen LogP contribution in [-0.2, 0) is 4.74 Å². The van der Waals surface area contributed by atoms with Crippen molar-refractivity contribution in [1.29, 1.82) is 0 Å². The third-order valence-electron chi connectivity index (χ3n) is 2.42. The maximum absolute atomic E-state index is 12.0. The lowest BCUT2D eigenvalue weighted by atomic mass is 10.2. The van der Waals surface area contributed by atoms with Crippen molar-refractivity contribution in [2.24, 2.45) is 0 Å². The number of pyridine rings is 1. The second kappa shape index (κ2) is 5.46. The zero-order chi connectivity index (χ0) is 12.1. The summed E-state index contributed by atoms with van der Waals surface area (Å²) >= 11 is 0. The van der Waals surface area contributed by atoms with Gasteiger partial charge < -0.3 is 14.7 Å². The Morgan fingerprint density at radius 2 is 2.38 bits per heavy atom. The van der Waals surface area contributed by atoms with Crippen molar-refractivity contribution in [3.8, 4) is 5.75 Å². The van der Waals surface area contributed by atoms with E-state index in [2.05, 4.69) is 4.98 Å². The van der Waals surface area contributed by atoms with Crippen LogP contribution in [0.2, 0.25) is 0 Å². The minimum Gasteiger partial charge on any atom is -0.505 e. The molecule has 0 fully saturated rings. The first-order valence-corrected chi connectivity index (χ1v) is 4.97. The highest BCUT2D eigenvalue weighted by Gasteiger charge is 2.19. The molecular weight excluding hydrogens is 208 g/mol. The number of nitrogens with zero attached hydrogens (tertiary/aromatic N) is 2.